The molecule has 0 spiro atoms. The number of hydrogen-bond donors (Lipinski definition) is 2. The van der Waals surface area contributed by atoms with Crippen molar-refractivity contribution in [3.63, 3.8) is 0 Å². The lowest BCUT2D eigenvalue weighted by molar-refractivity contribution is -0.124. The highest BCUT2D eigenvalue weighted by Gasteiger charge is 2.15. The molecule has 0 aliphatic heterocycles. The number of amides is 2. The van der Waals surface area contributed by atoms with E-state index >= 15 is 0 Å². The Kier molecular flexibility index (Phi) is 9.69. The largest absolute Gasteiger partial charge is 0.490 e. The van der Waals surface area contributed by atoms with Crippen molar-refractivity contribution in [2.24, 2.45) is 0 Å². The second-order valence-electron chi connectivity index (χ2n) is 8.76. The number of rotatable bonds is 13. The van der Waals surface area contributed by atoms with Crippen LogP contribution in [-0.4, -0.2) is 43.0 Å². The highest BCUT2D eigenvalue weighted by Crippen LogP contribution is 2.29. The Morgan fingerprint density at radius 1 is 1.05 bits per heavy atom. The van der Waals surface area contributed by atoms with Gasteiger partial charge in [0.15, 0.2) is 16.5 Å². The molecule has 2 aromatic heterocycles. The number of thiazole rings is 1. The van der Waals surface area contributed by atoms with Crippen molar-refractivity contribution in [2.45, 2.75) is 33.1 Å². The van der Waals surface area contributed by atoms with Crippen molar-refractivity contribution in [1.29, 1.82) is 0 Å². The monoisotopic (exact) mass is 548 g/mol. The van der Waals surface area contributed by atoms with E-state index in [2.05, 4.69) is 39.6 Å². The van der Waals surface area contributed by atoms with Crippen LogP contribution in [0.5, 0.6) is 5.75 Å². The number of ether oxygens (including phenoxy) is 1. The second-order valence-corrected chi connectivity index (χ2v) is 9.62. The molecule has 2 N–H and O–H groups in total. The van der Waals surface area contributed by atoms with Crippen LogP contribution in [0, 0.1) is 0 Å². The first-order chi connectivity index (χ1) is 19.0. The number of benzene rings is 2. The van der Waals surface area contributed by atoms with Gasteiger partial charge in [0.05, 0.1) is 17.9 Å². The molecular weight excluding hydrogens is 516 g/mol. The molecule has 0 atom stereocenters. The molecule has 0 unspecified atom stereocenters. The zero-order valence-corrected chi connectivity index (χ0v) is 22.9. The lowest BCUT2D eigenvalue weighted by Crippen LogP contribution is -2.30. The van der Waals surface area contributed by atoms with E-state index in [1.807, 2.05) is 37.3 Å². The normalized spacial score (nSPS) is 10.8. The maximum atomic E-state index is 12.6. The molecule has 0 aliphatic carbocycles. The molecule has 0 bridgehead atoms. The van der Waals surface area contributed by atoms with Crippen molar-refractivity contribution in [1.82, 2.24) is 10.3 Å². The van der Waals surface area contributed by atoms with Gasteiger partial charge in [-0.3, -0.25) is 9.59 Å². The number of para-hydroxylation sites is 2. The SMILES string of the molecule is CCOc1cccc2cc(-c3csc(NC(=O)CCC(=O)NCCCN(CC)c4ccccc4)n3)c(=O)oc12. The molecular formula is C29H32N4O5S. The average Bonchev–Trinajstić information content (AvgIpc) is 3.40. The summed E-state index contributed by atoms with van der Waals surface area (Å²) in [4.78, 5) is 43.9. The third-order valence-corrected chi connectivity index (χ3v) is 6.82. The van der Waals surface area contributed by atoms with Gasteiger partial charge in [-0.1, -0.05) is 30.3 Å². The summed E-state index contributed by atoms with van der Waals surface area (Å²) in [5.41, 5.74) is 1.70. The summed E-state index contributed by atoms with van der Waals surface area (Å²) in [6, 6.07) is 17.3. The van der Waals surface area contributed by atoms with Crippen LogP contribution in [0.2, 0.25) is 0 Å². The van der Waals surface area contributed by atoms with Crippen molar-refractivity contribution >= 4 is 44.9 Å². The van der Waals surface area contributed by atoms with Gasteiger partial charge in [-0.05, 0) is 44.5 Å². The van der Waals surface area contributed by atoms with Crippen molar-refractivity contribution in [3.8, 4) is 17.0 Å². The van der Waals surface area contributed by atoms with Gasteiger partial charge in [0, 0.05) is 48.9 Å². The molecule has 0 saturated carbocycles. The van der Waals surface area contributed by atoms with E-state index in [4.69, 9.17) is 9.15 Å². The molecule has 4 rings (SSSR count). The van der Waals surface area contributed by atoms with Crippen LogP contribution in [0.25, 0.3) is 22.2 Å². The minimum absolute atomic E-state index is 0.0319. The average molecular weight is 549 g/mol. The summed E-state index contributed by atoms with van der Waals surface area (Å²) < 4.78 is 11.1. The predicted molar refractivity (Wildman–Crippen MR) is 155 cm³/mol. The number of carbonyl (C=O) groups excluding carboxylic acids is 2. The van der Waals surface area contributed by atoms with Gasteiger partial charge in [-0.2, -0.15) is 0 Å². The van der Waals surface area contributed by atoms with Crippen LogP contribution in [0.3, 0.4) is 0 Å². The minimum Gasteiger partial charge on any atom is -0.490 e. The van der Waals surface area contributed by atoms with Crippen LogP contribution < -0.4 is 25.9 Å². The summed E-state index contributed by atoms with van der Waals surface area (Å²) in [7, 11) is 0. The molecule has 2 amide bonds. The zero-order chi connectivity index (χ0) is 27.6. The van der Waals surface area contributed by atoms with Crippen LogP contribution >= 0.6 is 11.3 Å². The fourth-order valence-corrected chi connectivity index (χ4v) is 4.85. The zero-order valence-electron chi connectivity index (χ0n) is 22.1. The van der Waals surface area contributed by atoms with E-state index in [1.54, 1.807) is 17.5 Å². The fraction of sp³-hybridized carbons (Fsp3) is 0.310. The number of hydrogen-bond acceptors (Lipinski definition) is 8. The van der Waals surface area contributed by atoms with Crippen molar-refractivity contribution < 1.29 is 18.7 Å². The summed E-state index contributed by atoms with van der Waals surface area (Å²) in [5.74, 6) is 0.0103. The van der Waals surface area contributed by atoms with Gasteiger partial charge < -0.3 is 24.7 Å². The van der Waals surface area contributed by atoms with Crippen LogP contribution in [-0.2, 0) is 9.59 Å². The van der Waals surface area contributed by atoms with Gasteiger partial charge in [0.25, 0.3) is 0 Å². The molecule has 0 fully saturated rings. The first-order valence-electron chi connectivity index (χ1n) is 13.0. The molecule has 0 aliphatic rings. The summed E-state index contributed by atoms with van der Waals surface area (Å²) in [6.45, 7) is 6.67. The standard InChI is InChI=1S/C29H32N4O5S/c1-3-33(21-11-6-5-7-12-21)17-9-16-30-25(34)14-15-26(35)32-29-31-23(19-39-29)22-18-20-10-8-13-24(37-4-2)27(20)38-28(22)36/h5-8,10-13,18-19H,3-4,9,14-17H2,1-2H3,(H,30,34)(H,31,32,35). The van der Waals surface area contributed by atoms with Crippen molar-refractivity contribution in [2.75, 3.05) is 36.5 Å². The number of nitrogens with zero attached hydrogens (tertiary/aromatic N) is 2. The van der Waals surface area contributed by atoms with Crippen LogP contribution in [0.1, 0.15) is 33.1 Å². The molecule has 0 radical (unpaired) electrons. The van der Waals surface area contributed by atoms with E-state index in [1.165, 1.54) is 11.3 Å². The van der Waals surface area contributed by atoms with Gasteiger partial charge in [-0.25, -0.2) is 9.78 Å². The first kappa shape index (κ1) is 27.8. The predicted octanol–water partition coefficient (Wildman–Crippen LogP) is 5.07. The quantitative estimate of drug-likeness (QED) is 0.177. The molecule has 10 heteroatoms. The van der Waals surface area contributed by atoms with Crippen LogP contribution in [0.15, 0.2) is 69.2 Å². The summed E-state index contributed by atoms with van der Waals surface area (Å²) >= 11 is 1.20. The topological polar surface area (TPSA) is 114 Å². The Hall–Kier alpha value is -4.18. The Bertz CT molecular complexity index is 1470. The number of aromatic nitrogens is 1. The second kappa shape index (κ2) is 13.6. The Balaban J connectivity index is 1.24. The summed E-state index contributed by atoms with van der Waals surface area (Å²) in [6.07, 6.45) is 0.916. The van der Waals surface area contributed by atoms with Gasteiger partial charge in [-0.15, -0.1) is 11.3 Å². The third-order valence-electron chi connectivity index (χ3n) is 6.06. The minimum atomic E-state index is -0.541. The van der Waals surface area contributed by atoms with E-state index < -0.39 is 5.63 Å². The van der Waals surface area contributed by atoms with Gasteiger partial charge in [0.1, 0.15) is 0 Å². The molecule has 2 heterocycles. The van der Waals surface area contributed by atoms with Gasteiger partial charge in [0.2, 0.25) is 11.8 Å². The van der Waals surface area contributed by atoms with Gasteiger partial charge >= 0.3 is 5.63 Å². The lowest BCUT2D eigenvalue weighted by atomic mass is 10.1. The van der Waals surface area contributed by atoms with E-state index in [9.17, 15) is 14.4 Å². The maximum absolute atomic E-state index is 12.6. The maximum Gasteiger partial charge on any atom is 0.345 e. The van der Waals surface area contributed by atoms with E-state index in [0.29, 0.717) is 46.3 Å². The molecule has 9 nitrogen and oxygen atoms in total. The Labute approximate surface area is 230 Å². The molecule has 2 aromatic carbocycles. The number of carbonyl (C=O) groups is 2. The van der Waals surface area contributed by atoms with E-state index in [0.717, 1.165) is 25.2 Å². The molecule has 39 heavy (non-hydrogen) atoms. The Morgan fingerprint density at radius 2 is 1.85 bits per heavy atom. The van der Waals surface area contributed by atoms with E-state index in [-0.39, 0.29) is 24.7 Å². The van der Waals surface area contributed by atoms with Crippen molar-refractivity contribution in [3.05, 3.63) is 70.4 Å². The Morgan fingerprint density at radius 3 is 2.62 bits per heavy atom. The fourth-order valence-electron chi connectivity index (χ4n) is 4.12. The molecule has 204 valence electrons. The number of nitrogens with one attached hydrogen (secondary N) is 2. The highest BCUT2D eigenvalue weighted by atomic mass is 32.1. The molecule has 4 aromatic rings. The third kappa shape index (κ3) is 7.44. The smallest absolute Gasteiger partial charge is 0.345 e. The van der Waals surface area contributed by atoms with Crippen LogP contribution in [0.4, 0.5) is 10.8 Å². The number of anilines is 2. The first-order valence-corrected chi connectivity index (χ1v) is 13.9. The summed E-state index contributed by atoms with van der Waals surface area (Å²) in [5, 5.41) is 8.32. The molecule has 0 saturated heterocycles. The number of fused-ring (bicyclic) bond motifs is 1. The highest BCUT2D eigenvalue weighted by molar-refractivity contribution is 7.14. The lowest BCUT2D eigenvalue weighted by Gasteiger charge is -2.23.